The standard InChI is InChI=1S/C56H90N4O10/c1-3-5-7-9-11-13-15-17-19-21-23-25-33-39-49(61)69-51(53(63)57-41-43-59-55(65)67-45-47-35-29-27-30-36-47)52(54(64)58-42-44-60-56(66)68-46-48-37-31-28-32-38-48)70-50(62)40-34-26-24-22-20-18-16-14-12-10-8-6-4-2/h27-32,35-38,51-52H,3-26,33-34,39-46H2,1-2H3,(H,57,63)(H,58,64)(H,59,65)(H,60,66)/t51-,52-/m1/s1. The third kappa shape index (κ3) is 33.4. The molecule has 2 rings (SSSR count). The van der Waals surface area contributed by atoms with E-state index in [0.717, 1.165) is 62.5 Å². The Morgan fingerprint density at radius 3 is 0.943 bits per heavy atom. The maximum absolute atomic E-state index is 13.9. The van der Waals surface area contributed by atoms with Crippen molar-refractivity contribution in [2.45, 2.75) is 219 Å². The van der Waals surface area contributed by atoms with Crippen LogP contribution in [0.3, 0.4) is 0 Å². The molecule has 0 unspecified atom stereocenters. The molecule has 70 heavy (non-hydrogen) atoms. The zero-order chi connectivity index (χ0) is 50.5. The van der Waals surface area contributed by atoms with Crippen LogP contribution in [0.1, 0.15) is 205 Å². The zero-order valence-electron chi connectivity index (χ0n) is 43.1. The van der Waals surface area contributed by atoms with Crippen molar-refractivity contribution >= 4 is 35.9 Å². The number of alkyl carbamates (subject to hydrolysis) is 2. The van der Waals surface area contributed by atoms with Crippen molar-refractivity contribution < 1.29 is 47.7 Å². The second-order valence-electron chi connectivity index (χ2n) is 18.4. The molecule has 0 aliphatic heterocycles. The number of benzene rings is 2. The van der Waals surface area contributed by atoms with E-state index in [1.54, 1.807) is 0 Å². The highest BCUT2D eigenvalue weighted by molar-refractivity contribution is 5.94. The van der Waals surface area contributed by atoms with Crippen molar-refractivity contribution in [2.24, 2.45) is 0 Å². The fraction of sp³-hybridized carbons (Fsp3) is 0.679. The molecule has 0 aromatic heterocycles. The van der Waals surface area contributed by atoms with Crippen molar-refractivity contribution in [2.75, 3.05) is 26.2 Å². The minimum atomic E-state index is -1.83. The summed E-state index contributed by atoms with van der Waals surface area (Å²) in [6, 6.07) is 18.3. The van der Waals surface area contributed by atoms with E-state index < -0.39 is 48.1 Å². The van der Waals surface area contributed by atoms with E-state index >= 15 is 0 Å². The van der Waals surface area contributed by atoms with Gasteiger partial charge in [-0.3, -0.25) is 19.2 Å². The molecule has 4 amide bonds. The van der Waals surface area contributed by atoms with Crippen LogP contribution in [-0.4, -0.2) is 74.3 Å². The van der Waals surface area contributed by atoms with Crippen molar-refractivity contribution in [3.63, 3.8) is 0 Å². The predicted octanol–water partition coefficient (Wildman–Crippen LogP) is 11.9. The molecule has 0 spiro atoms. The van der Waals surface area contributed by atoms with Gasteiger partial charge >= 0.3 is 24.1 Å². The number of carbonyl (C=O) groups is 6. The molecule has 0 bridgehead atoms. The molecule has 2 aromatic carbocycles. The van der Waals surface area contributed by atoms with Gasteiger partial charge < -0.3 is 40.2 Å². The number of carbonyl (C=O) groups excluding carboxylic acids is 6. The van der Waals surface area contributed by atoms with Crippen LogP contribution in [0.15, 0.2) is 60.7 Å². The molecule has 2 aromatic rings. The summed E-state index contributed by atoms with van der Waals surface area (Å²) < 4.78 is 21.9. The number of rotatable bonds is 43. The van der Waals surface area contributed by atoms with Crippen LogP contribution in [0.4, 0.5) is 9.59 Å². The lowest BCUT2D eigenvalue weighted by Gasteiger charge is -2.26. The average Bonchev–Trinajstić information content (AvgIpc) is 3.37. The van der Waals surface area contributed by atoms with Crippen LogP contribution >= 0.6 is 0 Å². The third-order valence-corrected chi connectivity index (χ3v) is 12.1. The lowest BCUT2D eigenvalue weighted by atomic mass is 10.0. The maximum Gasteiger partial charge on any atom is 0.407 e. The van der Waals surface area contributed by atoms with Gasteiger partial charge in [0.05, 0.1) is 0 Å². The van der Waals surface area contributed by atoms with E-state index in [1.165, 1.54) is 103 Å². The Bertz CT molecular complexity index is 1540. The first kappa shape index (κ1) is 61.0. The minimum absolute atomic E-state index is 0.00656. The van der Waals surface area contributed by atoms with E-state index in [4.69, 9.17) is 18.9 Å². The second kappa shape index (κ2) is 42.7. The molecule has 394 valence electrons. The van der Waals surface area contributed by atoms with E-state index in [1.807, 2.05) is 60.7 Å². The van der Waals surface area contributed by atoms with Gasteiger partial charge in [-0.1, -0.05) is 229 Å². The Kier molecular flexibility index (Phi) is 37.2. The van der Waals surface area contributed by atoms with Gasteiger partial charge in [0.25, 0.3) is 11.8 Å². The summed E-state index contributed by atoms with van der Waals surface area (Å²) in [6.45, 7) is 4.28. The number of ether oxygens (including phenoxy) is 4. The van der Waals surface area contributed by atoms with Crippen molar-refractivity contribution in [1.82, 2.24) is 21.3 Å². The number of esters is 2. The summed E-state index contributed by atoms with van der Waals surface area (Å²) in [4.78, 5) is 79.2. The van der Waals surface area contributed by atoms with E-state index in [2.05, 4.69) is 35.1 Å². The maximum atomic E-state index is 13.9. The molecular formula is C56H90N4O10. The van der Waals surface area contributed by atoms with Crippen LogP contribution in [0.2, 0.25) is 0 Å². The first-order chi connectivity index (χ1) is 34.2. The molecule has 0 heterocycles. The van der Waals surface area contributed by atoms with Crippen LogP contribution in [0.25, 0.3) is 0 Å². The summed E-state index contributed by atoms with van der Waals surface area (Å²) >= 11 is 0. The molecule has 14 heteroatoms. The Morgan fingerprint density at radius 2 is 0.643 bits per heavy atom. The molecule has 0 radical (unpaired) electrons. The highest BCUT2D eigenvalue weighted by atomic mass is 16.6. The SMILES string of the molecule is CCCCCCCCCCCCCCCC(=O)O[C@@H](C(=O)NCCNC(=O)OCc1ccccc1)[C@@H](OC(=O)CCCCCCCCCCCCCCC)C(=O)NCCNC(=O)OCc1ccccc1. The van der Waals surface area contributed by atoms with Crippen LogP contribution in [0, 0.1) is 0 Å². The molecule has 0 fully saturated rings. The lowest BCUT2D eigenvalue weighted by molar-refractivity contribution is -0.176. The number of hydrogen-bond acceptors (Lipinski definition) is 10. The van der Waals surface area contributed by atoms with Crippen LogP contribution in [0.5, 0.6) is 0 Å². The summed E-state index contributed by atoms with van der Waals surface area (Å²) in [5.41, 5.74) is 1.61. The Balaban J connectivity index is 2.02. The number of amides is 4. The highest BCUT2D eigenvalue weighted by Gasteiger charge is 2.40. The van der Waals surface area contributed by atoms with Crippen molar-refractivity contribution in [3.8, 4) is 0 Å². The van der Waals surface area contributed by atoms with E-state index in [-0.39, 0.29) is 52.2 Å². The smallest absolute Gasteiger partial charge is 0.407 e. The molecule has 0 aliphatic rings. The summed E-state index contributed by atoms with van der Waals surface area (Å²) in [5.74, 6) is -3.18. The van der Waals surface area contributed by atoms with Gasteiger partial charge in [-0.15, -0.1) is 0 Å². The first-order valence-electron chi connectivity index (χ1n) is 27.1. The molecule has 14 nitrogen and oxygen atoms in total. The summed E-state index contributed by atoms with van der Waals surface area (Å²) in [5, 5.41) is 10.4. The van der Waals surface area contributed by atoms with Gasteiger partial charge in [0.15, 0.2) is 0 Å². The molecule has 0 saturated heterocycles. The fourth-order valence-corrected chi connectivity index (χ4v) is 7.93. The van der Waals surface area contributed by atoms with Gasteiger partial charge in [0.2, 0.25) is 12.2 Å². The van der Waals surface area contributed by atoms with Gasteiger partial charge in [-0.2, -0.15) is 0 Å². The molecule has 4 N–H and O–H groups in total. The molecule has 2 atom stereocenters. The van der Waals surface area contributed by atoms with Crippen molar-refractivity contribution in [3.05, 3.63) is 71.8 Å². The quantitative estimate of drug-likeness (QED) is 0.0283. The highest BCUT2D eigenvalue weighted by Crippen LogP contribution is 2.17. The van der Waals surface area contributed by atoms with Gasteiger partial charge in [0, 0.05) is 39.0 Å². The van der Waals surface area contributed by atoms with E-state index in [0.29, 0.717) is 12.8 Å². The van der Waals surface area contributed by atoms with Gasteiger partial charge in [-0.05, 0) is 24.0 Å². The monoisotopic (exact) mass is 979 g/mol. The Morgan fingerprint density at radius 1 is 0.371 bits per heavy atom. The third-order valence-electron chi connectivity index (χ3n) is 12.1. The minimum Gasteiger partial charge on any atom is -0.448 e. The summed E-state index contributed by atoms with van der Waals surface area (Å²) in [6.07, 6.45) is 24.4. The van der Waals surface area contributed by atoms with Crippen LogP contribution < -0.4 is 21.3 Å². The Labute approximate surface area is 420 Å². The lowest BCUT2D eigenvalue weighted by Crippen LogP contribution is -2.54. The van der Waals surface area contributed by atoms with Gasteiger partial charge in [-0.25, -0.2) is 9.59 Å². The average molecular weight is 979 g/mol. The normalized spacial score (nSPS) is 11.7. The molecule has 0 aliphatic carbocycles. The van der Waals surface area contributed by atoms with Gasteiger partial charge in [0.1, 0.15) is 13.2 Å². The predicted molar refractivity (Wildman–Crippen MR) is 276 cm³/mol. The first-order valence-corrected chi connectivity index (χ1v) is 27.1. The topological polar surface area (TPSA) is 187 Å². The second-order valence-corrected chi connectivity index (χ2v) is 18.4. The van der Waals surface area contributed by atoms with Crippen molar-refractivity contribution in [1.29, 1.82) is 0 Å². The fourth-order valence-electron chi connectivity index (χ4n) is 7.93. The largest absolute Gasteiger partial charge is 0.448 e. The van der Waals surface area contributed by atoms with E-state index in [9.17, 15) is 28.8 Å². The number of unbranched alkanes of at least 4 members (excludes halogenated alkanes) is 24. The Hall–Kier alpha value is -5.14. The number of nitrogens with one attached hydrogen (secondary N) is 4. The molecule has 0 saturated carbocycles. The molecular weight excluding hydrogens is 889 g/mol. The zero-order valence-corrected chi connectivity index (χ0v) is 43.1. The van der Waals surface area contributed by atoms with Crippen LogP contribution in [-0.2, 0) is 51.3 Å². The number of hydrogen-bond donors (Lipinski definition) is 4. The summed E-state index contributed by atoms with van der Waals surface area (Å²) in [7, 11) is 0.